The molecule has 0 aliphatic rings. The molecule has 18 heavy (non-hydrogen) atoms. The van der Waals surface area contributed by atoms with Crippen LogP contribution in [-0.4, -0.2) is 24.2 Å². The van der Waals surface area contributed by atoms with E-state index in [0.717, 1.165) is 31.5 Å². The fourth-order valence-corrected chi connectivity index (χ4v) is 1.49. The molecular weight excluding hydrogens is 230 g/mol. The Kier molecular flexibility index (Phi) is 5.84. The highest BCUT2D eigenvalue weighted by atomic mass is 16.6. The van der Waals surface area contributed by atoms with Gasteiger partial charge in [-0.2, -0.15) is 0 Å². The summed E-state index contributed by atoms with van der Waals surface area (Å²) >= 11 is 0. The quantitative estimate of drug-likeness (QED) is 0.458. The Morgan fingerprint density at radius 1 is 1.39 bits per heavy atom. The standard InChI is InChI=1S/C13H19N3O2/c1-3-7-14-10-11-5-6-12(15-8-4-2)13(9-11)16(17)18/h5-6,9-10,15H,3-4,7-8H2,1-2H3. The molecule has 0 radical (unpaired) electrons. The van der Waals surface area contributed by atoms with Crippen molar-refractivity contribution < 1.29 is 4.92 Å². The zero-order valence-corrected chi connectivity index (χ0v) is 10.8. The Bertz CT molecular complexity index is 430. The average Bonchev–Trinajstić information content (AvgIpc) is 2.37. The first-order valence-electron chi connectivity index (χ1n) is 6.21. The lowest BCUT2D eigenvalue weighted by Crippen LogP contribution is -2.03. The molecule has 5 nitrogen and oxygen atoms in total. The predicted molar refractivity (Wildman–Crippen MR) is 74.6 cm³/mol. The van der Waals surface area contributed by atoms with Gasteiger partial charge >= 0.3 is 0 Å². The third kappa shape index (κ3) is 4.16. The van der Waals surface area contributed by atoms with E-state index in [1.54, 1.807) is 18.3 Å². The van der Waals surface area contributed by atoms with Gasteiger partial charge in [0.15, 0.2) is 0 Å². The SMILES string of the molecule is CCCN=Cc1ccc(NCCC)c([N+](=O)[O-])c1. The van der Waals surface area contributed by atoms with E-state index < -0.39 is 0 Å². The number of nitro benzene ring substituents is 1. The van der Waals surface area contributed by atoms with Gasteiger partial charge in [-0.05, 0) is 24.5 Å². The highest BCUT2D eigenvalue weighted by Gasteiger charge is 2.13. The maximum atomic E-state index is 11.0. The number of nitro groups is 1. The minimum Gasteiger partial charge on any atom is -0.380 e. The monoisotopic (exact) mass is 249 g/mol. The minimum atomic E-state index is -0.366. The normalized spacial score (nSPS) is 10.8. The van der Waals surface area contributed by atoms with E-state index in [2.05, 4.69) is 10.3 Å². The van der Waals surface area contributed by atoms with Crippen molar-refractivity contribution in [3.05, 3.63) is 33.9 Å². The van der Waals surface area contributed by atoms with Gasteiger partial charge in [0.1, 0.15) is 5.69 Å². The van der Waals surface area contributed by atoms with Crippen molar-refractivity contribution in [2.75, 3.05) is 18.4 Å². The third-order valence-corrected chi connectivity index (χ3v) is 2.38. The van der Waals surface area contributed by atoms with Crippen LogP contribution in [0.1, 0.15) is 32.3 Å². The summed E-state index contributed by atoms with van der Waals surface area (Å²) in [6.45, 7) is 5.52. The summed E-state index contributed by atoms with van der Waals surface area (Å²) in [5.41, 5.74) is 1.43. The summed E-state index contributed by atoms with van der Waals surface area (Å²) in [6.07, 6.45) is 3.58. The number of hydrogen-bond acceptors (Lipinski definition) is 4. The molecule has 0 aliphatic carbocycles. The van der Waals surface area contributed by atoms with E-state index in [1.165, 1.54) is 0 Å². The number of aliphatic imine (C=N–C) groups is 1. The zero-order valence-electron chi connectivity index (χ0n) is 10.8. The summed E-state index contributed by atoms with van der Waals surface area (Å²) < 4.78 is 0. The molecule has 0 amide bonds. The first-order chi connectivity index (χ1) is 8.69. The Balaban J connectivity index is 2.92. The van der Waals surface area contributed by atoms with Crippen molar-refractivity contribution in [2.45, 2.75) is 26.7 Å². The Morgan fingerprint density at radius 3 is 2.78 bits per heavy atom. The molecule has 5 heteroatoms. The van der Waals surface area contributed by atoms with E-state index in [9.17, 15) is 10.1 Å². The van der Waals surface area contributed by atoms with Gasteiger partial charge in [-0.25, -0.2) is 0 Å². The van der Waals surface area contributed by atoms with Gasteiger partial charge < -0.3 is 5.32 Å². The summed E-state index contributed by atoms with van der Waals surface area (Å²) in [6, 6.07) is 5.13. The molecule has 1 rings (SSSR count). The van der Waals surface area contributed by atoms with Crippen LogP contribution in [0, 0.1) is 10.1 Å². The van der Waals surface area contributed by atoms with Crippen LogP contribution in [0.15, 0.2) is 23.2 Å². The van der Waals surface area contributed by atoms with Crippen molar-refractivity contribution in [1.29, 1.82) is 0 Å². The van der Waals surface area contributed by atoms with Crippen molar-refractivity contribution in [2.24, 2.45) is 4.99 Å². The minimum absolute atomic E-state index is 0.101. The van der Waals surface area contributed by atoms with Crippen LogP contribution in [-0.2, 0) is 0 Å². The average molecular weight is 249 g/mol. The number of nitrogens with one attached hydrogen (secondary N) is 1. The number of hydrogen-bond donors (Lipinski definition) is 1. The largest absolute Gasteiger partial charge is 0.380 e. The highest BCUT2D eigenvalue weighted by molar-refractivity contribution is 5.83. The Hall–Kier alpha value is -1.91. The van der Waals surface area contributed by atoms with E-state index in [-0.39, 0.29) is 10.6 Å². The van der Waals surface area contributed by atoms with Crippen LogP contribution in [0.25, 0.3) is 0 Å². The second-order valence-electron chi connectivity index (χ2n) is 4.00. The number of nitrogens with zero attached hydrogens (tertiary/aromatic N) is 2. The maximum absolute atomic E-state index is 11.0. The van der Waals surface area contributed by atoms with E-state index in [4.69, 9.17) is 0 Å². The van der Waals surface area contributed by atoms with Crippen LogP contribution in [0.3, 0.4) is 0 Å². The summed E-state index contributed by atoms with van der Waals surface area (Å²) in [7, 11) is 0. The lowest BCUT2D eigenvalue weighted by Gasteiger charge is -2.06. The van der Waals surface area contributed by atoms with Gasteiger partial charge in [0.2, 0.25) is 0 Å². The summed E-state index contributed by atoms with van der Waals surface area (Å²) in [5.74, 6) is 0. The van der Waals surface area contributed by atoms with Crippen molar-refractivity contribution in [1.82, 2.24) is 0 Å². The zero-order chi connectivity index (χ0) is 13.4. The number of benzene rings is 1. The number of rotatable bonds is 7. The smallest absolute Gasteiger partial charge is 0.292 e. The summed E-state index contributed by atoms with van der Waals surface area (Å²) in [4.78, 5) is 14.8. The van der Waals surface area contributed by atoms with Gasteiger partial charge in [0, 0.05) is 25.4 Å². The molecule has 98 valence electrons. The van der Waals surface area contributed by atoms with Gasteiger partial charge in [0.25, 0.3) is 5.69 Å². The van der Waals surface area contributed by atoms with Crippen molar-refractivity contribution in [3.63, 3.8) is 0 Å². The fourth-order valence-electron chi connectivity index (χ4n) is 1.49. The Morgan fingerprint density at radius 2 is 2.17 bits per heavy atom. The molecule has 0 aliphatic heterocycles. The molecule has 0 saturated heterocycles. The van der Waals surface area contributed by atoms with Crippen LogP contribution >= 0.6 is 0 Å². The Labute approximate surface area is 107 Å². The molecule has 1 aromatic carbocycles. The molecule has 0 atom stereocenters. The molecule has 0 saturated carbocycles. The number of anilines is 1. The van der Waals surface area contributed by atoms with E-state index >= 15 is 0 Å². The molecule has 0 aromatic heterocycles. The molecular formula is C13H19N3O2. The second kappa shape index (κ2) is 7.42. The van der Waals surface area contributed by atoms with Gasteiger partial charge in [-0.1, -0.05) is 19.9 Å². The molecule has 1 aromatic rings. The van der Waals surface area contributed by atoms with E-state index in [0.29, 0.717) is 5.69 Å². The molecule has 1 N–H and O–H groups in total. The molecule has 0 fully saturated rings. The van der Waals surface area contributed by atoms with E-state index in [1.807, 2.05) is 19.9 Å². The lowest BCUT2D eigenvalue weighted by molar-refractivity contribution is -0.384. The first-order valence-corrected chi connectivity index (χ1v) is 6.21. The van der Waals surface area contributed by atoms with Crippen LogP contribution in [0.2, 0.25) is 0 Å². The van der Waals surface area contributed by atoms with Crippen molar-refractivity contribution >= 4 is 17.6 Å². The van der Waals surface area contributed by atoms with Crippen LogP contribution in [0.5, 0.6) is 0 Å². The van der Waals surface area contributed by atoms with Crippen LogP contribution in [0.4, 0.5) is 11.4 Å². The molecule has 0 bridgehead atoms. The third-order valence-electron chi connectivity index (χ3n) is 2.38. The fraction of sp³-hybridized carbons (Fsp3) is 0.462. The summed E-state index contributed by atoms with van der Waals surface area (Å²) in [5, 5.41) is 14.0. The maximum Gasteiger partial charge on any atom is 0.292 e. The van der Waals surface area contributed by atoms with Gasteiger partial charge in [-0.3, -0.25) is 15.1 Å². The molecule has 0 heterocycles. The highest BCUT2D eigenvalue weighted by Crippen LogP contribution is 2.24. The first kappa shape index (κ1) is 14.2. The topological polar surface area (TPSA) is 67.5 Å². The van der Waals surface area contributed by atoms with Crippen molar-refractivity contribution in [3.8, 4) is 0 Å². The molecule has 0 spiro atoms. The molecule has 0 unspecified atom stereocenters. The second-order valence-corrected chi connectivity index (χ2v) is 4.00. The lowest BCUT2D eigenvalue weighted by atomic mass is 10.2. The van der Waals surface area contributed by atoms with Gasteiger partial charge in [-0.15, -0.1) is 0 Å². The predicted octanol–water partition coefficient (Wildman–Crippen LogP) is 3.25. The van der Waals surface area contributed by atoms with Crippen LogP contribution < -0.4 is 5.32 Å². The van der Waals surface area contributed by atoms with Gasteiger partial charge in [0.05, 0.1) is 4.92 Å².